The fraction of sp³-hybridized carbons (Fsp3) is 0.556. The van der Waals surface area contributed by atoms with Crippen LogP contribution in [0.4, 0.5) is 5.82 Å². The minimum Gasteiger partial charge on any atom is -0.489 e. The minimum atomic E-state index is -0.218. The number of aromatic nitrogens is 2. The molecule has 1 aromatic heterocycles. The summed E-state index contributed by atoms with van der Waals surface area (Å²) < 4.78 is 5.04. The van der Waals surface area contributed by atoms with Gasteiger partial charge in [0, 0.05) is 13.1 Å². The fourth-order valence-electron chi connectivity index (χ4n) is 1.72. The standard InChI is InChI=1S/C9H13N3O2/c1-14-7-8(10-6-11-9(7)13)12-4-2-3-5-12/h6H,2-5H2,1H3,(H,10,11,13). The Hall–Kier alpha value is -1.52. The Bertz CT molecular complexity index is 369. The van der Waals surface area contributed by atoms with E-state index in [1.54, 1.807) is 0 Å². The molecule has 2 heterocycles. The van der Waals surface area contributed by atoms with E-state index in [-0.39, 0.29) is 5.56 Å². The van der Waals surface area contributed by atoms with Gasteiger partial charge in [-0.2, -0.15) is 0 Å². The Morgan fingerprint density at radius 1 is 1.50 bits per heavy atom. The molecule has 0 atom stereocenters. The number of ether oxygens (including phenoxy) is 1. The SMILES string of the molecule is COc1c(N2CCCC2)nc[nH]c1=O. The van der Waals surface area contributed by atoms with Gasteiger partial charge in [0.15, 0.2) is 5.82 Å². The molecule has 0 aliphatic carbocycles. The third-order valence-electron chi connectivity index (χ3n) is 2.40. The van der Waals surface area contributed by atoms with Gasteiger partial charge in [0.25, 0.3) is 5.56 Å². The van der Waals surface area contributed by atoms with Gasteiger partial charge in [-0.05, 0) is 12.8 Å². The highest BCUT2D eigenvalue weighted by atomic mass is 16.5. The van der Waals surface area contributed by atoms with Gasteiger partial charge in [-0.1, -0.05) is 0 Å². The molecule has 0 unspecified atom stereocenters. The number of hydrogen-bond acceptors (Lipinski definition) is 4. The van der Waals surface area contributed by atoms with Crippen molar-refractivity contribution >= 4 is 5.82 Å². The summed E-state index contributed by atoms with van der Waals surface area (Å²) in [4.78, 5) is 20.1. The lowest BCUT2D eigenvalue weighted by molar-refractivity contribution is 0.406. The molecule has 1 aliphatic heterocycles. The highest BCUT2D eigenvalue weighted by Gasteiger charge is 2.19. The van der Waals surface area contributed by atoms with E-state index in [0.717, 1.165) is 25.9 Å². The molecule has 76 valence electrons. The van der Waals surface area contributed by atoms with Gasteiger partial charge >= 0.3 is 0 Å². The number of H-pyrrole nitrogens is 1. The average Bonchev–Trinajstić information content (AvgIpc) is 2.70. The molecule has 0 aromatic carbocycles. The first-order chi connectivity index (χ1) is 6.83. The highest BCUT2D eigenvalue weighted by molar-refractivity contribution is 5.51. The molecule has 1 saturated heterocycles. The van der Waals surface area contributed by atoms with Crippen molar-refractivity contribution < 1.29 is 4.74 Å². The smallest absolute Gasteiger partial charge is 0.295 e. The normalized spacial score (nSPS) is 15.9. The first kappa shape index (κ1) is 9.05. The van der Waals surface area contributed by atoms with Gasteiger partial charge in [-0.25, -0.2) is 4.98 Å². The van der Waals surface area contributed by atoms with E-state index in [9.17, 15) is 4.79 Å². The number of rotatable bonds is 2. The van der Waals surface area contributed by atoms with Crippen molar-refractivity contribution in [1.82, 2.24) is 9.97 Å². The number of nitrogens with zero attached hydrogens (tertiary/aromatic N) is 2. The second-order valence-electron chi connectivity index (χ2n) is 3.28. The lowest BCUT2D eigenvalue weighted by atomic mass is 10.4. The van der Waals surface area contributed by atoms with E-state index in [0.29, 0.717) is 11.6 Å². The van der Waals surface area contributed by atoms with E-state index >= 15 is 0 Å². The van der Waals surface area contributed by atoms with E-state index in [4.69, 9.17) is 4.74 Å². The summed E-state index contributed by atoms with van der Waals surface area (Å²) in [6, 6.07) is 0. The maximum absolute atomic E-state index is 11.4. The highest BCUT2D eigenvalue weighted by Crippen LogP contribution is 2.23. The monoisotopic (exact) mass is 195 g/mol. The summed E-state index contributed by atoms with van der Waals surface area (Å²) in [6.07, 6.45) is 3.72. The largest absolute Gasteiger partial charge is 0.489 e. The maximum Gasteiger partial charge on any atom is 0.295 e. The average molecular weight is 195 g/mol. The van der Waals surface area contributed by atoms with Crippen LogP contribution in [0, 0.1) is 0 Å². The van der Waals surface area contributed by atoms with Crippen LogP contribution in [0.3, 0.4) is 0 Å². The molecule has 0 bridgehead atoms. The fourth-order valence-corrected chi connectivity index (χ4v) is 1.72. The number of aromatic amines is 1. The Balaban J connectivity index is 2.40. The molecule has 0 saturated carbocycles. The van der Waals surface area contributed by atoms with Gasteiger partial charge in [0.05, 0.1) is 13.4 Å². The van der Waals surface area contributed by atoms with Crippen molar-refractivity contribution in [1.29, 1.82) is 0 Å². The molecule has 2 rings (SSSR count). The Labute approximate surface area is 81.7 Å². The number of anilines is 1. The molecular weight excluding hydrogens is 182 g/mol. The van der Waals surface area contributed by atoms with Crippen LogP contribution in [0.25, 0.3) is 0 Å². The number of hydrogen-bond donors (Lipinski definition) is 1. The van der Waals surface area contributed by atoms with Crippen LogP contribution in [0.2, 0.25) is 0 Å². The van der Waals surface area contributed by atoms with E-state index in [2.05, 4.69) is 14.9 Å². The summed E-state index contributed by atoms with van der Waals surface area (Å²) >= 11 is 0. The molecule has 0 radical (unpaired) electrons. The summed E-state index contributed by atoms with van der Waals surface area (Å²) in [7, 11) is 1.49. The second kappa shape index (κ2) is 3.69. The van der Waals surface area contributed by atoms with Crippen LogP contribution in [-0.4, -0.2) is 30.2 Å². The second-order valence-corrected chi connectivity index (χ2v) is 3.28. The van der Waals surface area contributed by atoms with Gasteiger partial charge in [0.1, 0.15) is 0 Å². The third kappa shape index (κ3) is 1.45. The quantitative estimate of drug-likeness (QED) is 0.741. The molecule has 1 fully saturated rings. The molecule has 1 N–H and O–H groups in total. The predicted molar refractivity (Wildman–Crippen MR) is 52.9 cm³/mol. The van der Waals surface area contributed by atoms with Crippen LogP contribution >= 0.6 is 0 Å². The van der Waals surface area contributed by atoms with Crippen LogP contribution in [0.1, 0.15) is 12.8 Å². The van der Waals surface area contributed by atoms with E-state index in [1.807, 2.05) is 0 Å². The molecule has 0 amide bonds. The lowest BCUT2D eigenvalue weighted by Gasteiger charge is -2.17. The van der Waals surface area contributed by atoms with Crippen molar-refractivity contribution in [3.63, 3.8) is 0 Å². The van der Waals surface area contributed by atoms with Crippen molar-refractivity contribution in [2.45, 2.75) is 12.8 Å². The molecule has 14 heavy (non-hydrogen) atoms. The Morgan fingerprint density at radius 3 is 2.86 bits per heavy atom. The predicted octanol–water partition coefficient (Wildman–Crippen LogP) is 0.379. The molecule has 5 nitrogen and oxygen atoms in total. The van der Waals surface area contributed by atoms with Crippen molar-refractivity contribution in [2.75, 3.05) is 25.1 Å². The van der Waals surface area contributed by atoms with Gasteiger partial charge in [-0.15, -0.1) is 0 Å². The summed E-state index contributed by atoms with van der Waals surface area (Å²) in [6.45, 7) is 1.90. The molecule has 5 heteroatoms. The first-order valence-electron chi connectivity index (χ1n) is 4.69. The summed E-state index contributed by atoms with van der Waals surface area (Å²) in [5.74, 6) is 0.975. The lowest BCUT2D eigenvalue weighted by Crippen LogP contribution is -2.23. The summed E-state index contributed by atoms with van der Waals surface area (Å²) in [5.41, 5.74) is -0.218. The third-order valence-corrected chi connectivity index (χ3v) is 2.40. The molecule has 1 aromatic rings. The molecule has 1 aliphatic rings. The van der Waals surface area contributed by atoms with Crippen LogP contribution in [-0.2, 0) is 0 Å². The van der Waals surface area contributed by atoms with Crippen molar-refractivity contribution in [3.8, 4) is 5.75 Å². The van der Waals surface area contributed by atoms with Crippen LogP contribution in [0.15, 0.2) is 11.1 Å². The van der Waals surface area contributed by atoms with Crippen molar-refractivity contribution in [2.24, 2.45) is 0 Å². The Morgan fingerprint density at radius 2 is 2.21 bits per heavy atom. The zero-order valence-corrected chi connectivity index (χ0v) is 8.12. The minimum absolute atomic E-state index is 0.218. The topological polar surface area (TPSA) is 58.2 Å². The van der Waals surface area contributed by atoms with Gasteiger partial charge in [-0.3, -0.25) is 4.79 Å². The molecule has 0 spiro atoms. The number of methoxy groups -OCH3 is 1. The molecular formula is C9H13N3O2. The van der Waals surface area contributed by atoms with E-state index < -0.39 is 0 Å². The van der Waals surface area contributed by atoms with E-state index in [1.165, 1.54) is 13.4 Å². The first-order valence-corrected chi connectivity index (χ1v) is 4.69. The van der Waals surface area contributed by atoms with Crippen LogP contribution < -0.4 is 15.2 Å². The van der Waals surface area contributed by atoms with Gasteiger partial charge < -0.3 is 14.6 Å². The maximum atomic E-state index is 11.4. The number of nitrogens with one attached hydrogen (secondary N) is 1. The zero-order valence-electron chi connectivity index (χ0n) is 8.12. The summed E-state index contributed by atoms with van der Waals surface area (Å²) in [5, 5.41) is 0. The Kier molecular flexibility index (Phi) is 2.39. The van der Waals surface area contributed by atoms with Crippen LogP contribution in [0.5, 0.6) is 5.75 Å². The zero-order chi connectivity index (χ0) is 9.97. The van der Waals surface area contributed by atoms with Crippen molar-refractivity contribution in [3.05, 3.63) is 16.7 Å². The van der Waals surface area contributed by atoms with Gasteiger partial charge in [0.2, 0.25) is 5.75 Å².